The third-order valence-corrected chi connectivity index (χ3v) is 6.01. The number of ether oxygens (including phenoxy) is 1. The summed E-state index contributed by atoms with van der Waals surface area (Å²) in [6.07, 6.45) is 0. The van der Waals surface area contributed by atoms with E-state index in [1.54, 1.807) is 48.5 Å². The Labute approximate surface area is 212 Å². The van der Waals surface area contributed by atoms with Gasteiger partial charge in [-0.2, -0.15) is 0 Å². The van der Waals surface area contributed by atoms with Gasteiger partial charge in [0.2, 0.25) is 0 Å². The van der Waals surface area contributed by atoms with Crippen LogP contribution >= 0.6 is 23.2 Å². The Kier molecular flexibility index (Phi) is 6.82. The number of carbonyl (C=O) groups is 3. The van der Waals surface area contributed by atoms with Crippen molar-refractivity contribution < 1.29 is 19.1 Å². The molecule has 4 rings (SSSR count). The Hall–Kier alpha value is -3.81. The van der Waals surface area contributed by atoms with E-state index in [1.807, 2.05) is 26.0 Å². The first kappa shape index (κ1) is 24.3. The second kappa shape index (κ2) is 9.82. The fourth-order valence-electron chi connectivity index (χ4n) is 3.74. The number of aryl methyl sites for hydroxylation is 2. The van der Waals surface area contributed by atoms with Gasteiger partial charge in [-0.25, -0.2) is 4.90 Å². The van der Waals surface area contributed by atoms with E-state index in [9.17, 15) is 14.4 Å². The van der Waals surface area contributed by atoms with Gasteiger partial charge in [-0.05, 0) is 61.9 Å². The topological polar surface area (TPSA) is 87.7 Å². The highest BCUT2D eigenvalue weighted by Gasteiger charge is 2.39. The minimum absolute atomic E-state index is 0.0642. The molecule has 1 aliphatic heterocycles. The summed E-state index contributed by atoms with van der Waals surface area (Å²) in [7, 11) is 1.49. The zero-order valence-corrected chi connectivity index (χ0v) is 20.6. The maximum atomic E-state index is 13.1. The zero-order chi connectivity index (χ0) is 25.3. The minimum Gasteiger partial charge on any atom is -0.495 e. The predicted octanol–water partition coefficient (Wildman–Crippen LogP) is 5.65. The minimum atomic E-state index is -0.618. The molecule has 3 aromatic rings. The van der Waals surface area contributed by atoms with E-state index in [2.05, 4.69) is 10.6 Å². The number of nitrogens with zero attached hydrogens (tertiary/aromatic N) is 1. The molecule has 3 amide bonds. The molecule has 2 N–H and O–H groups in total. The Morgan fingerprint density at radius 2 is 1.71 bits per heavy atom. The molecule has 0 saturated heterocycles. The van der Waals surface area contributed by atoms with Gasteiger partial charge in [-0.3, -0.25) is 14.4 Å². The van der Waals surface area contributed by atoms with Crippen molar-refractivity contribution in [2.45, 2.75) is 13.8 Å². The van der Waals surface area contributed by atoms with Crippen molar-refractivity contribution >= 4 is 58.0 Å². The Morgan fingerprint density at radius 3 is 2.43 bits per heavy atom. The number of benzene rings is 3. The second-order valence-electron chi connectivity index (χ2n) is 7.93. The Bertz CT molecular complexity index is 1400. The third-order valence-electron chi connectivity index (χ3n) is 5.42. The summed E-state index contributed by atoms with van der Waals surface area (Å²) in [4.78, 5) is 39.8. The van der Waals surface area contributed by atoms with Gasteiger partial charge in [0.05, 0.1) is 18.5 Å². The van der Waals surface area contributed by atoms with Crippen LogP contribution in [0.5, 0.6) is 5.75 Å². The summed E-state index contributed by atoms with van der Waals surface area (Å²) >= 11 is 12.3. The van der Waals surface area contributed by atoms with Crippen LogP contribution in [-0.4, -0.2) is 24.8 Å². The molecule has 7 nitrogen and oxygen atoms in total. The molecule has 1 heterocycles. The van der Waals surface area contributed by atoms with E-state index >= 15 is 0 Å². The van der Waals surface area contributed by atoms with Gasteiger partial charge in [0.15, 0.2) is 0 Å². The molecule has 0 radical (unpaired) electrons. The number of nitrogens with one attached hydrogen (secondary N) is 2. The van der Waals surface area contributed by atoms with Crippen molar-refractivity contribution in [1.29, 1.82) is 0 Å². The van der Waals surface area contributed by atoms with Gasteiger partial charge in [0.25, 0.3) is 17.7 Å². The number of carbonyl (C=O) groups excluding carboxylic acids is 3. The standard InChI is InChI=1S/C26H21Cl2N3O4/c1-14-7-9-20(15(2)11-14)31-25(33)22(28)23(26(31)34)29-18-6-4-5-16(12-18)24(32)30-19-13-17(27)8-10-21(19)35-3/h4-13,29H,1-3H3,(H,30,32). The molecule has 9 heteroatoms. The summed E-state index contributed by atoms with van der Waals surface area (Å²) < 4.78 is 5.26. The molecule has 0 spiro atoms. The summed E-state index contributed by atoms with van der Waals surface area (Å²) in [6, 6.07) is 16.7. The average Bonchev–Trinajstić information content (AvgIpc) is 3.03. The lowest BCUT2D eigenvalue weighted by Crippen LogP contribution is -2.32. The number of imide groups is 1. The first-order valence-electron chi connectivity index (χ1n) is 10.6. The molecule has 0 fully saturated rings. The molecular formula is C26H21Cl2N3O4. The van der Waals surface area contributed by atoms with Crippen molar-refractivity contribution in [3.05, 3.63) is 93.1 Å². The SMILES string of the molecule is COc1ccc(Cl)cc1NC(=O)c1cccc(NC2=C(Cl)C(=O)N(c3ccc(C)cc3C)C2=O)c1. The summed E-state index contributed by atoms with van der Waals surface area (Å²) in [5, 5.41) is 5.87. The predicted molar refractivity (Wildman–Crippen MR) is 137 cm³/mol. The molecule has 1 aliphatic rings. The number of methoxy groups -OCH3 is 1. The van der Waals surface area contributed by atoms with Gasteiger partial charge in [0.1, 0.15) is 16.5 Å². The maximum Gasteiger partial charge on any atom is 0.283 e. The van der Waals surface area contributed by atoms with Crippen LogP contribution in [-0.2, 0) is 9.59 Å². The molecule has 0 aliphatic carbocycles. The molecule has 0 atom stereocenters. The third kappa shape index (κ3) is 4.87. The fourth-order valence-corrected chi connectivity index (χ4v) is 4.13. The zero-order valence-electron chi connectivity index (χ0n) is 19.1. The smallest absolute Gasteiger partial charge is 0.283 e. The van der Waals surface area contributed by atoms with Gasteiger partial charge in [0, 0.05) is 16.3 Å². The summed E-state index contributed by atoms with van der Waals surface area (Å²) in [5.41, 5.74) is 3.30. The summed E-state index contributed by atoms with van der Waals surface area (Å²) in [5.74, 6) is -1.16. The molecular weight excluding hydrogens is 489 g/mol. The van der Waals surface area contributed by atoms with Gasteiger partial charge >= 0.3 is 0 Å². The first-order chi connectivity index (χ1) is 16.7. The van der Waals surface area contributed by atoms with Crippen LogP contribution in [0.1, 0.15) is 21.5 Å². The molecule has 0 saturated carbocycles. The van der Waals surface area contributed by atoms with Gasteiger partial charge in [-0.1, -0.05) is 47.0 Å². The van der Waals surface area contributed by atoms with Crippen LogP contribution in [0, 0.1) is 13.8 Å². The van der Waals surface area contributed by atoms with Crippen LogP contribution in [0.25, 0.3) is 0 Å². The number of anilines is 3. The number of hydrogen-bond acceptors (Lipinski definition) is 5. The maximum absolute atomic E-state index is 13.1. The largest absolute Gasteiger partial charge is 0.495 e. The summed E-state index contributed by atoms with van der Waals surface area (Å²) in [6.45, 7) is 3.74. The van der Waals surface area contributed by atoms with Crippen molar-refractivity contribution in [2.24, 2.45) is 0 Å². The first-order valence-corrected chi connectivity index (χ1v) is 11.3. The molecule has 35 heavy (non-hydrogen) atoms. The average molecular weight is 510 g/mol. The number of rotatable bonds is 6. The van der Waals surface area contributed by atoms with E-state index < -0.39 is 17.7 Å². The van der Waals surface area contributed by atoms with Crippen molar-refractivity contribution in [3.8, 4) is 5.75 Å². The highest BCUT2D eigenvalue weighted by molar-refractivity contribution is 6.53. The van der Waals surface area contributed by atoms with E-state index in [4.69, 9.17) is 27.9 Å². The lowest BCUT2D eigenvalue weighted by molar-refractivity contribution is -0.120. The normalized spacial score (nSPS) is 13.3. The molecule has 0 bridgehead atoms. The van der Waals surface area contributed by atoms with Gasteiger partial charge < -0.3 is 15.4 Å². The van der Waals surface area contributed by atoms with E-state index in [-0.39, 0.29) is 10.7 Å². The van der Waals surface area contributed by atoms with E-state index in [0.717, 1.165) is 16.0 Å². The van der Waals surface area contributed by atoms with Crippen LogP contribution in [0.15, 0.2) is 71.4 Å². The number of amides is 3. The van der Waals surface area contributed by atoms with E-state index in [1.165, 1.54) is 7.11 Å². The Balaban J connectivity index is 1.56. The van der Waals surface area contributed by atoms with Crippen LogP contribution < -0.4 is 20.3 Å². The lowest BCUT2D eigenvalue weighted by atomic mass is 10.1. The number of halogens is 2. The van der Waals surface area contributed by atoms with Crippen LogP contribution in [0.4, 0.5) is 17.1 Å². The monoisotopic (exact) mass is 509 g/mol. The van der Waals surface area contributed by atoms with Crippen LogP contribution in [0.2, 0.25) is 5.02 Å². The highest BCUT2D eigenvalue weighted by atomic mass is 35.5. The quantitative estimate of drug-likeness (QED) is 0.419. The fraction of sp³-hybridized carbons (Fsp3) is 0.115. The lowest BCUT2D eigenvalue weighted by Gasteiger charge is -2.18. The van der Waals surface area contributed by atoms with Crippen LogP contribution in [0.3, 0.4) is 0 Å². The van der Waals surface area contributed by atoms with Crippen molar-refractivity contribution in [2.75, 3.05) is 22.6 Å². The van der Waals surface area contributed by atoms with Gasteiger partial charge in [-0.15, -0.1) is 0 Å². The van der Waals surface area contributed by atoms with Crippen molar-refractivity contribution in [1.82, 2.24) is 0 Å². The second-order valence-corrected chi connectivity index (χ2v) is 8.74. The molecule has 3 aromatic carbocycles. The molecule has 178 valence electrons. The molecule has 0 aromatic heterocycles. The highest BCUT2D eigenvalue weighted by Crippen LogP contribution is 2.33. The van der Waals surface area contributed by atoms with Crippen molar-refractivity contribution in [3.63, 3.8) is 0 Å². The Morgan fingerprint density at radius 1 is 0.943 bits per heavy atom. The molecule has 0 unspecified atom stereocenters. The van der Waals surface area contributed by atoms with E-state index in [0.29, 0.717) is 33.4 Å². The number of hydrogen-bond donors (Lipinski definition) is 2.